The predicted molar refractivity (Wildman–Crippen MR) is 183 cm³/mol. The fraction of sp³-hybridized carbons (Fsp3) is 0.667. The zero-order chi connectivity index (χ0) is 29.9. The Bertz CT molecular complexity index is 903. The average Bonchev–Trinajstić information content (AvgIpc) is 3.01. The van der Waals surface area contributed by atoms with Crippen molar-refractivity contribution in [3.05, 3.63) is 59.4 Å². The Morgan fingerprint density at radius 2 is 1.07 bits per heavy atom. The Kier molecular flexibility index (Phi) is 21.6. The molecule has 1 aromatic heterocycles. The van der Waals surface area contributed by atoms with Crippen molar-refractivity contribution >= 4 is 11.8 Å². The Labute approximate surface area is 259 Å². The van der Waals surface area contributed by atoms with E-state index in [9.17, 15) is 5.11 Å². The zero-order valence-electron chi connectivity index (χ0n) is 27.4. The number of rotatable bonds is 27. The van der Waals surface area contributed by atoms with Crippen LogP contribution in [0.25, 0.3) is 11.8 Å². The Balaban J connectivity index is 1.54. The molecule has 0 spiro atoms. The van der Waals surface area contributed by atoms with Crippen molar-refractivity contribution in [2.24, 2.45) is 0 Å². The van der Waals surface area contributed by atoms with E-state index in [1.165, 1.54) is 140 Å². The van der Waals surface area contributed by atoms with E-state index >= 15 is 0 Å². The SMILES string of the molecule is CCCCCCCCCCCCCOc1ccc(/C=C(/O)c2ccc(CCCCCCCCCCCCC)cc2)nc1. The molecule has 42 heavy (non-hydrogen) atoms. The number of aryl methyl sites for hydroxylation is 1. The van der Waals surface area contributed by atoms with Crippen LogP contribution in [-0.4, -0.2) is 16.7 Å². The van der Waals surface area contributed by atoms with Crippen LogP contribution < -0.4 is 4.74 Å². The second-order valence-corrected chi connectivity index (χ2v) is 12.3. The number of aliphatic hydroxyl groups is 1. The van der Waals surface area contributed by atoms with Crippen molar-refractivity contribution in [3.63, 3.8) is 0 Å². The lowest BCUT2D eigenvalue weighted by atomic mass is 10.0. The predicted octanol–water partition coefficient (Wildman–Crippen LogP) is 12.7. The van der Waals surface area contributed by atoms with Gasteiger partial charge in [-0.1, -0.05) is 167 Å². The number of aliphatic hydroxyl groups excluding tert-OH is 1. The summed E-state index contributed by atoms with van der Waals surface area (Å²) in [5.74, 6) is 1.05. The van der Waals surface area contributed by atoms with Crippen LogP contribution in [0.1, 0.15) is 172 Å². The van der Waals surface area contributed by atoms with Crippen LogP contribution in [0.3, 0.4) is 0 Å². The minimum Gasteiger partial charge on any atom is -0.507 e. The topological polar surface area (TPSA) is 42.4 Å². The molecule has 0 saturated carbocycles. The lowest BCUT2D eigenvalue weighted by molar-refractivity contribution is 0.303. The van der Waals surface area contributed by atoms with Crippen molar-refractivity contribution in [1.29, 1.82) is 0 Å². The molecule has 1 aromatic carbocycles. The first-order chi connectivity index (χ1) is 20.7. The highest BCUT2D eigenvalue weighted by Crippen LogP contribution is 2.19. The molecule has 3 nitrogen and oxygen atoms in total. The van der Waals surface area contributed by atoms with Gasteiger partial charge >= 0.3 is 0 Å². The summed E-state index contributed by atoms with van der Waals surface area (Å²) >= 11 is 0. The number of benzene rings is 1. The lowest BCUT2D eigenvalue weighted by Crippen LogP contribution is -1.98. The molecule has 0 atom stereocenters. The van der Waals surface area contributed by atoms with Crippen molar-refractivity contribution in [2.75, 3.05) is 6.61 Å². The third kappa shape index (κ3) is 18.3. The maximum Gasteiger partial charge on any atom is 0.137 e. The van der Waals surface area contributed by atoms with Gasteiger partial charge in [0.2, 0.25) is 0 Å². The first-order valence-electron chi connectivity index (χ1n) is 17.8. The summed E-state index contributed by atoms with van der Waals surface area (Å²) in [6, 6.07) is 12.2. The molecule has 0 aliphatic heterocycles. The number of aromatic nitrogens is 1. The molecule has 2 rings (SSSR count). The summed E-state index contributed by atoms with van der Waals surface area (Å²) in [5.41, 5.74) is 2.91. The largest absolute Gasteiger partial charge is 0.507 e. The van der Waals surface area contributed by atoms with Gasteiger partial charge < -0.3 is 9.84 Å². The molecular formula is C39H63NO2. The van der Waals surface area contributed by atoms with Crippen LogP contribution >= 0.6 is 0 Å². The molecule has 1 heterocycles. The van der Waals surface area contributed by atoms with Crippen LogP contribution in [0.15, 0.2) is 42.6 Å². The number of hydrogen-bond donors (Lipinski definition) is 1. The molecule has 0 amide bonds. The van der Waals surface area contributed by atoms with Gasteiger partial charge in [-0.3, -0.25) is 4.98 Å². The highest BCUT2D eigenvalue weighted by Gasteiger charge is 2.03. The number of nitrogens with zero attached hydrogens (tertiary/aromatic N) is 1. The molecule has 0 saturated heterocycles. The molecule has 236 valence electrons. The van der Waals surface area contributed by atoms with E-state index < -0.39 is 0 Å². The molecule has 0 unspecified atom stereocenters. The molecule has 0 aliphatic rings. The maximum atomic E-state index is 10.6. The summed E-state index contributed by atoms with van der Waals surface area (Å²) in [6.45, 7) is 5.30. The van der Waals surface area contributed by atoms with Gasteiger partial charge in [0.1, 0.15) is 11.5 Å². The van der Waals surface area contributed by atoms with Crippen LogP contribution in [0.2, 0.25) is 0 Å². The highest BCUT2D eigenvalue weighted by atomic mass is 16.5. The van der Waals surface area contributed by atoms with E-state index in [2.05, 4.69) is 31.0 Å². The van der Waals surface area contributed by atoms with Gasteiger partial charge in [-0.05, 0) is 37.0 Å². The fourth-order valence-electron chi connectivity index (χ4n) is 5.58. The van der Waals surface area contributed by atoms with Crippen LogP contribution in [-0.2, 0) is 6.42 Å². The average molecular weight is 578 g/mol. The number of hydrogen-bond acceptors (Lipinski definition) is 3. The summed E-state index contributed by atoms with van der Waals surface area (Å²) < 4.78 is 5.88. The quantitative estimate of drug-likeness (QED) is 0.0848. The minimum absolute atomic E-state index is 0.248. The van der Waals surface area contributed by atoms with Crippen molar-refractivity contribution in [3.8, 4) is 5.75 Å². The Morgan fingerprint density at radius 1 is 0.595 bits per heavy atom. The molecule has 0 aliphatic carbocycles. The minimum atomic E-state index is 0.248. The van der Waals surface area contributed by atoms with Gasteiger partial charge in [0.05, 0.1) is 18.5 Å². The second kappa shape index (κ2) is 25.2. The molecule has 0 fully saturated rings. The fourth-order valence-corrected chi connectivity index (χ4v) is 5.58. The standard InChI is InChI=1S/C39H63NO2/c1-3-5-7-9-11-13-15-17-19-21-23-25-35-26-28-36(29-27-35)39(41)33-37-30-31-38(34-40-37)42-32-24-22-20-18-16-14-12-10-8-6-4-2/h26-31,33-34,41H,3-25,32H2,1-2H3/b39-33+. The third-order valence-corrected chi connectivity index (χ3v) is 8.38. The van der Waals surface area contributed by atoms with Crippen molar-refractivity contribution < 1.29 is 9.84 Å². The van der Waals surface area contributed by atoms with Crippen molar-refractivity contribution in [1.82, 2.24) is 4.98 Å². The summed E-state index contributed by atoms with van der Waals surface area (Å²) in [6.07, 6.45) is 34.4. The zero-order valence-corrected chi connectivity index (χ0v) is 27.4. The number of ether oxygens (including phenoxy) is 1. The first kappa shape index (κ1) is 35.9. The van der Waals surface area contributed by atoms with Gasteiger partial charge in [0, 0.05) is 11.6 Å². The molecule has 0 radical (unpaired) electrons. The van der Waals surface area contributed by atoms with E-state index in [0.717, 1.165) is 36.5 Å². The third-order valence-electron chi connectivity index (χ3n) is 8.38. The monoisotopic (exact) mass is 577 g/mol. The van der Waals surface area contributed by atoms with Crippen LogP contribution in [0.5, 0.6) is 5.75 Å². The maximum absolute atomic E-state index is 10.6. The summed E-state index contributed by atoms with van der Waals surface area (Å²) in [5, 5.41) is 10.6. The smallest absolute Gasteiger partial charge is 0.137 e. The van der Waals surface area contributed by atoms with E-state index in [-0.39, 0.29) is 5.76 Å². The highest BCUT2D eigenvalue weighted by molar-refractivity contribution is 5.75. The van der Waals surface area contributed by atoms with Crippen LogP contribution in [0.4, 0.5) is 0 Å². The first-order valence-corrected chi connectivity index (χ1v) is 17.8. The molecular weight excluding hydrogens is 514 g/mol. The normalized spacial score (nSPS) is 11.7. The van der Waals surface area contributed by atoms with E-state index in [4.69, 9.17) is 4.74 Å². The van der Waals surface area contributed by atoms with Gasteiger partial charge in [0.25, 0.3) is 0 Å². The number of pyridine rings is 1. The Morgan fingerprint density at radius 3 is 1.55 bits per heavy atom. The van der Waals surface area contributed by atoms with Gasteiger partial charge in [-0.25, -0.2) is 0 Å². The summed E-state index contributed by atoms with van der Waals surface area (Å²) in [7, 11) is 0. The second-order valence-electron chi connectivity index (χ2n) is 12.3. The van der Waals surface area contributed by atoms with Crippen LogP contribution in [0, 0.1) is 0 Å². The molecule has 3 heteroatoms. The van der Waals surface area contributed by atoms with Gasteiger partial charge in [0.15, 0.2) is 0 Å². The van der Waals surface area contributed by atoms with E-state index in [1.807, 2.05) is 24.3 Å². The Hall–Kier alpha value is -2.29. The lowest BCUT2D eigenvalue weighted by Gasteiger charge is -2.07. The van der Waals surface area contributed by atoms with E-state index in [0.29, 0.717) is 0 Å². The van der Waals surface area contributed by atoms with E-state index in [1.54, 1.807) is 12.3 Å². The van der Waals surface area contributed by atoms with Gasteiger partial charge in [-0.15, -0.1) is 0 Å². The van der Waals surface area contributed by atoms with Gasteiger partial charge in [-0.2, -0.15) is 0 Å². The number of unbranched alkanes of at least 4 members (excludes halogenated alkanes) is 20. The molecule has 0 bridgehead atoms. The van der Waals surface area contributed by atoms with Crippen molar-refractivity contribution in [2.45, 2.75) is 162 Å². The molecule has 1 N–H and O–H groups in total. The summed E-state index contributed by atoms with van der Waals surface area (Å²) in [4.78, 5) is 4.47. The molecule has 2 aromatic rings.